The highest BCUT2D eigenvalue weighted by molar-refractivity contribution is 8.00. The van der Waals surface area contributed by atoms with Crippen LogP contribution < -0.4 is 5.32 Å². The smallest absolute Gasteiger partial charge is 0.327 e. The molecular formula is C14H18N2O3S2. The molecule has 2 heterocycles. The van der Waals surface area contributed by atoms with E-state index < -0.39 is 12.0 Å². The number of thiophene rings is 1. The number of aliphatic carboxylic acids is 1. The van der Waals surface area contributed by atoms with E-state index in [0.717, 1.165) is 19.3 Å². The number of carboxylic acid groups (broad SMARTS) is 1. The van der Waals surface area contributed by atoms with E-state index in [-0.39, 0.29) is 11.4 Å². The fraction of sp³-hybridized carbons (Fsp3) is 0.571. The second kappa shape index (κ2) is 6.27. The lowest BCUT2D eigenvalue weighted by molar-refractivity contribution is -0.141. The molecule has 1 aromatic rings. The van der Waals surface area contributed by atoms with Crippen molar-refractivity contribution in [3.05, 3.63) is 22.4 Å². The standard InChI is InChI=1S/C14H18N2O3S2/c17-13(18)11-8-21-12(10-1-2-10)16(11)14(19)15-5-3-9-4-6-20-7-9/h4,6-7,10-12H,1-3,5,8H2,(H,15,19)(H,17,18). The monoisotopic (exact) mass is 326 g/mol. The molecule has 114 valence electrons. The van der Waals surface area contributed by atoms with E-state index >= 15 is 0 Å². The van der Waals surface area contributed by atoms with Crippen LogP contribution in [0.15, 0.2) is 16.8 Å². The molecule has 1 saturated heterocycles. The molecule has 2 amide bonds. The van der Waals surface area contributed by atoms with Crippen LogP contribution in [0.5, 0.6) is 0 Å². The highest BCUT2D eigenvalue weighted by atomic mass is 32.2. The quantitative estimate of drug-likeness (QED) is 0.870. The van der Waals surface area contributed by atoms with Gasteiger partial charge in [0.05, 0.1) is 5.37 Å². The van der Waals surface area contributed by atoms with Gasteiger partial charge in [-0.05, 0) is 47.6 Å². The Bertz CT molecular complexity index is 516. The van der Waals surface area contributed by atoms with Gasteiger partial charge >= 0.3 is 12.0 Å². The average Bonchev–Trinajstić information content (AvgIpc) is 3.00. The summed E-state index contributed by atoms with van der Waals surface area (Å²) in [6, 6.07) is 1.11. The van der Waals surface area contributed by atoms with E-state index in [1.165, 1.54) is 5.56 Å². The molecule has 1 aliphatic heterocycles. The molecule has 2 aliphatic rings. The Morgan fingerprint density at radius 1 is 1.43 bits per heavy atom. The molecular weight excluding hydrogens is 308 g/mol. The number of hydrogen-bond donors (Lipinski definition) is 2. The molecule has 0 bridgehead atoms. The predicted molar refractivity (Wildman–Crippen MR) is 83.7 cm³/mol. The Hall–Kier alpha value is -1.21. The first-order chi connectivity index (χ1) is 10.2. The fourth-order valence-corrected chi connectivity index (χ4v) is 4.89. The molecule has 1 aliphatic carbocycles. The first-order valence-electron chi connectivity index (χ1n) is 7.08. The van der Waals surface area contributed by atoms with Gasteiger partial charge in [0.1, 0.15) is 6.04 Å². The van der Waals surface area contributed by atoms with Crippen molar-refractivity contribution < 1.29 is 14.7 Å². The zero-order valence-corrected chi connectivity index (χ0v) is 13.2. The topological polar surface area (TPSA) is 69.6 Å². The molecule has 2 N–H and O–H groups in total. The maximum atomic E-state index is 12.4. The first-order valence-corrected chi connectivity index (χ1v) is 9.07. The van der Waals surface area contributed by atoms with Crippen LogP contribution in [-0.4, -0.2) is 45.7 Å². The van der Waals surface area contributed by atoms with Crippen molar-refractivity contribution in [3.8, 4) is 0 Å². The Morgan fingerprint density at radius 2 is 2.24 bits per heavy atom. The van der Waals surface area contributed by atoms with Crippen LogP contribution in [0.2, 0.25) is 0 Å². The lowest BCUT2D eigenvalue weighted by Crippen LogP contribution is -2.51. The molecule has 0 spiro atoms. The maximum absolute atomic E-state index is 12.4. The van der Waals surface area contributed by atoms with Gasteiger partial charge in [0.15, 0.2) is 0 Å². The van der Waals surface area contributed by atoms with Gasteiger partial charge in [0, 0.05) is 12.3 Å². The van der Waals surface area contributed by atoms with Crippen LogP contribution in [0.4, 0.5) is 4.79 Å². The van der Waals surface area contributed by atoms with Crippen molar-refractivity contribution in [1.82, 2.24) is 10.2 Å². The summed E-state index contributed by atoms with van der Waals surface area (Å²) < 4.78 is 0. The van der Waals surface area contributed by atoms with Crippen molar-refractivity contribution in [1.29, 1.82) is 0 Å². The third kappa shape index (κ3) is 3.35. The van der Waals surface area contributed by atoms with Crippen LogP contribution in [-0.2, 0) is 11.2 Å². The summed E-state index contributed by atoms with van der Waals surface area (Å²) in [4.78, 5) is 25.3. The summed E-state index contributed by atoms with van der Waals surface area (Å²) in [5.41, 5.74) is 1.20. The number of rotatable bonds is 5. The van der Waals surface area contributed by atoms with E-state index in [9.17, 15) is 14.7 Å². The Morgan fingerprint density at radius 3 is 2.86 bits per heavy atom. The van der Waals surface area contributed by atoms with E-state index in [2.05, 4.69) is 10.7 Å². The maximum Gasteiger partial charge on any atom is 0.327 e. The van der Waals surface area contributed by atoms with Gasteiger partial charge in [0.2, 0.25) is 0 Å². The van der Waals surface area contributed by atoms with Crippen LogP contribution in [0.3, 0.4) is 0 Å². The van der Waals surface area contributed by atoms with Crippen molar-refractivity contribution >= 4 is 35.1 Å². The number of thioether (sulfide) groups is 1. The number of amides is 2. The number of urea groups is 1. The molecule has 2 unspecified atom stereocenters. The normalized spacial score (nSPS) is 25.0. The lowest BCUT2D eigenvalue weighted by Gasteiger charge is -2.27. The zero-order valence-electron chi connectivity index (χ0n) is 11.5. The molecule has 1 aromatic heterocycles. The fourth-order valence-electron chi connectivity index (χ4n) is 2.56. The predicted octanol–water partition coefficient (Wildman–Crippen LogP) is 2.24. The highest BCUT2D eigenvalue weighted by Gasteiger charge is 2.47. The summed E-state index contributed by atoms with van der Waals surface area (Å²) in [5, 5.41) is 16.3. The second-order valence-electron chi connectivity index (χ2n) is 5.44. The Labute approximate surface area is 131 Å². The largest absolute Gasteiger partial charge is 0.480 e. The van der Waals surface area contributed by atoms with Crippen LogP contribution in [0.1, 0.15) is 18.4 Å². The number of hydrogen-bond acceptors (Lipinski definition) is 4. The number of nitrogens with zero attached hydrogens (tertiary/aromatic N) is 1. The van der Waals surface area contributed by atoms with Crippen molar-refractivity contribution in [2.24, 2.45) is 5.92 Å². The van der Waals surface area contributed by atoms with Crippen LogP contribution in [0.25, 0.3) is 0 Å². The minimum atomic E-state index is -0.904. The molecule has 21 heavy (non-hydrogen) atoms. The van der Waals surface area contributed by atoms with Crippen LogP contribution in [0, 0.1) is 5.92 Å². The number of carboxylic acids is 1. The van der Waals surface area contributed by atoms with E-state index in [1.54, 1.807) is 28.0 Å². The molecule has 3 rings (SSSR count). The summed E-state index contributed by atoms with van der Waals surface area (Å²) in [6.45, 7) is 0.542. The van der Waals surface area contributed by atoms with Gasteiger partial charge in [-0.25, -0.2) is 9.59 Å². The third-order valence-electron chi connectivity index (χ3n) is 3.85. The van der Waals surface area contributed by atoms with Crippen molar-refractivity contribution in [3.63, 3.8) is 0 Å². The van der Waals surface area contributed by atoms with Crippen molar-refractivity contribution in [2.75, 3.05) is 12.3 Å². The minimum absolute atomic E-state index is 0.0345. The summed E-state index contributed by atoms with van der Waals surface area (Å²) in [6.07, 6.45) is 2.98. The molecule has 2 atom stereocenters. The van der Waals surface area contributed by atoms with E-state index in [1.807, 2.05) is 11.4 Å². The molecule has 0 radical (unpaired) electrons. The van der Waals surface area contributed by atoms with E-state index in [0.29, 0.717) is 18.2 Å². The highest BCUT2D eigenvalue weighted by Crippen LogP contribution is 2.45. The lowest BCUT2D eigenvalue weighted by atomic mass is 10.2. The zero-order chi connectivity index (χ0) is 14.8. The number of nitrogens with one attached hydrogen (secondary N) is 1. The van der Waals surface area contributed by atoms with Gasteiger partial charge < -0.3 is 10.4 Å². The third-order valence-corrected chi connectivity index (χ3v) is 6.04. The average molecular weight is 326 g/mol. The van der Waals surface area contributed by atoms with Crippen LogP contribution >= 0.6 is 23.1 Å². The molecule has 0 aromatic carbocycles. The molecule has 1 saturated carbocycles. The number of carbonyl (C=O) groups is 2. The Kier molecular flexibility index (Phi) is 4.40. The first kappa shape index (κ1) is 14.7. The summed E-state index contributed by atoms with van der Waals surface area (Å²) in [5.74, 6) is 0.0645. The molecule has 2 fully saturated rings. The summed E-state index contributed by atoms with van der Waals surface area (Å²) in [7, 11) is 0. The minimum Gasteiger partial charge on any atom is -0.480 e. The second-order valence-corrected chi connectivity index (χ2v) is 7.37. The van der Waals surface area contributed by atoms with Gasteiger partial charge in [-0.3, -0.25) is 4.90 Å². The molecule has 7 heteroatoms. The van der Waals surface area contributed by atoms with Crippen molar-refractivity contribution in [2.45, 2.75) is 30.7 Å². The van der Waals surface area contributed by atoms with Gasteiger partial charge in [-0.1, -0.05) is 0 Å². The van der Waals surface area contributed by atoms with Gasteiger partial charge in [-0.15, -0.1) is 11.8 Å². The summed E-state index contributed by atoms with van der Waals surface area (Å²) >= 11 is 3.24. The van der Waals surface area contributed by atoms with E-state index in [4.69, 9.17) is 0 Å². The Balaban J connectivity index is 1.58. The van der Waals surface area contributed by atoms with Gasteiger partial charge in [-0.2, -0.15) is 11.3 Å². The SMILES string of the molecule is O=C(O)C1CSC(C2CC2)N1C(=O)NCCc1ccsc1. The van der Waals surface area contributed by atoms with Gasteiger partial charge in [0.25, 0.3) is 0 Å². The molecule has 5 nitrogen and oxygen atoms in total. The number of carbonyl (C=O) groups excluding carboxylic acids is 1.